The summed E-state index contributed by atoms with van der Waals surface area (Å²) >= 11 is 1.68. The van der Waals surface area contributed by atoms with Crippen LogP contribution in [0.5, 0.6) is 5.75 Å². The molecular formula is C16H21N3OS. The van der Waals surface area contributed by atoms with Crippen molar-refractivity contribution in [1.29, 1.82) is 0 Å². The molecule has 2 rings (SSSR count). The highest BCUT2D eigenvalue weighted by Crippen LogP contribution is 2.25. The Labute approximate surface area is 130 Å². The molecule has 112 valence electrons. The first-order chi connectivity index (χ1) is 10.2. The van der Waals surface area contributed by atoms with E-state index in [-0.39, 0.29) is 0 Å². The highest BCUT2D eigenvalue weighted by molar-refractivity contribution is 7.98. The highest BCUT2D eigenvalue weighted by Gasteiger charge is 2.14. The molecule has 0 unspecified atom stereocenters. The summed E-state index contributed by atoms with van der Waals surface area (Å²) in [6.45, 7) is 8.80. The van der Waals surface area contributed by atoms with Crippen molar-refractivity contribution in [3.63, 3.8) is 0 Å². The maximum absolute atomic E-state index is 5.25. The van der Waals surface area contributed by atoms with Crippen molar-refractivity contribution in [2.24, 2.45) is 0 Å². The van der Waals surface area contributed by atoms with Gasteiger partial charge in [-0.3, -0.25) is 0 Å². The van der Waals surface area contributed by atoms with E-state index in [1.54, 1.807) is 18.9 Å². The molecule has 1 aromatic carbocycles. The lowest BCUT2D eigenvalue weighted by atomic mass is 10.2. The lowest BCUT2D eigenvalue weighted by molar-refractivity contribution is 0.414. The van der Waals surface area contributed by atoms with E-state index >= 15 is 0 Å². The normalized spacial score (nSPS) is 10.9. The van der Waals surface area contributed by atoms with Gasteiger partial charge in [0, 0.05) is 18.2 Å². The fourth-order valence-corrected chi connectivity index (χ4v) is 2.94. The molecule has 0 saturated carbocycles. The van der Waals surface area contributed by atoms with Crippen LogP contribution in [0.15, 0.2) is 42.1 Å². The molecule has 0 spiro atoms. The van der Waals surface area contributed by atoms with Crippen molar-refractivity contribution in [2.45, 2.75) is 37.2 Å². The number of hydrogen-bond acceptors (Lipinski definition) is 4. The van der Waals surface area contributed by atoms with Crippen LogP contribution < -0.4 is 4.74 Å². The zero-order valence-corrected chi connectivity index (χ0v) is 13.6. The molecule has 2 aromatic rings. The smallest absolute Gasteiger partial charge is 0.191 e. The van der Waals surface area contributed by atoms with Gasteiger partial charge < -0.3 is 9.30 Å². The van der Waals surface area contributed by atoms with Gasteiger partial charge in [-0.05, 0) is 17.7 Å². The van der Waals surface area contributed by atoms with Crippen molar-refractivity contribution >= 4 is 11.8 Å². The maximum atomic E-state index is 5.25. The van der Waals surface area contributed by atoms with Crippen LogP contribution in [-0.4, -0.2) is 21.9 Å². The second-order valence-corrected chi connectivity index (χ2v) is 5.98. The summed E-state index contributed by atoms with van der Waals surface area (Å²) in [5, 5.41) is 9.54. The van der Waals surface area contributed by atoms with Gasteiger partial charge in [0.2, 0.25) is 0 Å². The third-order valence-electron chi connectivity index (χ3n) is 3.08. The molecule has 1 heterocycles. The minimum atomic E-state index is 0.351. The van der Waals surface area contributed by atoms with Gasteiger partial charge in [0.1, 0.15) is 11.6 Å². The lowest BCUT2D eigenvalue weighted by Crippen LogP contribution is -2.05. The molecule has 0 fully saturated rings. The van der Waals surface area contributed by atoms with E-state index in [0.717, 1.165) is 29.0 Å². The van der Waals surface area contributed by atoms with E-state index in [1.165, 1.54) is 5.56 Å². The Morgan fingerprint density at radius 3 is 2.86 bits per heavy atom. The van der Waals surface area contributed by atoms with E-state index in [0.29, 0.717) is 5.92 Å². The van der Waals surface area contributed by atoms with Gasteiger partial charge in [0.25, 0.3) is 0 Å². The second kappa shape index (κ2) is 7.31. The molecule has 0 aliphatic rings. The maximum Gasteiger partial charge on any atom is 0.191 e. The fourth-order valence-electron chi connectivity index (χ4n) is 2.04. The molecule has 0 atom stereocenters. The van der Waals surface area contributed by atoms with Crippen LogP contribution >= 0.6 is 11.8 Å². The Morgan fingerprint density at radius 2 is 2.19 bits per heavy atom. The van der Waals surface area contributed by atoms with Gasteiger partial charge in [-0.2, -0.15) is 0 Å². The Hall–Kier alpha value is -1.75. The monoisotopic (exact) mass is 303 g/mol. The van der Waals surface area contributed by atoms with E-state index in [1.807, 2.05) is 24.3 Å². The number of hydrogen-bond donors (Lipinski definition) is 0. The quantitative estimate of drug-likeness (QED) is 0.575. The molecule has 0 aliphatic carbocycles. The average molecular weight is 303 g/mol. The van der Waals surface area contributed by atoms with Crippen LogP contribution in [0.25, 0.3) is 0 Å². The van der Waals surface area contributed by atoms with E-state index in [9.17, 15) is 0 Å². The number of aromatic nitrogens is 3. The molecule has 1 aromatic heterocycles. The van der Waals surface area contributed by atoms with E-state index in [4.69, 9.17) is 4.74 Å². The van der Waals surface area contributed by atoms with Crippen LogP contribution in [0, 0.1) is 0 Å². The zero-order chi connectivity index (χ0) is 15.2. The Bertz CT molecular complexity index is 607. The Morgan fingerprint density at radius 1 is 1.38 bits per heavy atom. The summed E-state index contributed by atoms with van der Waals surface area (Å²) in [5.41, 5.74) is 1.21. The number of allylic oxidation sites excluding steroid dienone is 1. The Balaban J connectivity index is 2.13. The molecule has 0 N–H and O–H groups in total. The lowest BCUT2D eigenvalue weighted by Gasteiger charge is -2.09. The topological polar surface area (TPSA) is 39.9 Å². The number of nitrogens with zero attached hydrogens (tertiary/aromatic N) is 3. The van der Waals surface area contributed by atoms with Gasteiger partial charge in [-0.25, -0.2) is 0 Å². The summed E-state index contributed by atoms with van der Waals surface area (Å²) in [5.74, 6) is 3.07. The van der Waals surface area contributed by atoms with Crippen molar-refractivity contribution in [3.8, 4) is 5.75 Å². The molecule has 0 bridgehead atoms. The largest absolute Gasteiger partial charge is 0.497 e. The first-order valence-electron chi connectivity index (χ1n) is 6.95. The van der Waals surface area contributed by atoms with Crippen molar-refractivity contribution in [1.82, 2.24) is 14.8 Å². The van der Waals surface area contributed by atoms with Crippen LogP contribution in [0.2, 0.25) is 0 Å². The first kappa shape index (κ1) is 15.6. The third kappa shape index (κ3) is 3.88. The van der Waals surface area contributed by atoms with Gasteiger partial charge >= 0.3 is 0 Å². The molecule has 4 nitrogen and oxygen atoms in total. The number of rotatable bonds is 7. The van der Waals surface area contributed by atoms with Crippen LogP contribution in [0.3, 0.4) is 0 Å². The summed E-state index contributed by atoms with van der Waals surface area (Å²) < 4.78 is 7.38. The summed E-state index contributed by atoms with van der Waals surface area (Å²) in [7, 11) is 1.68. The third-order valence-corrected chi connectivity index (χ3v) is 4.11. The highest BCUT2D eigenvalue weighted by atomic mass is 32.2. The van der Waals surface area contributed by atoms with Crippen molar-refractivity contribution < 1.29 is 4.74 Å². The molecular weight excluding hydrogens is 282 g/mol. The predicted octanol–water partition coefficient (Wildman–Crippen LogP) is 3.89. The van der Waals surface area contributed by atoms with Gasteiger partial charge in [0.15, 0.2) is 5.16 Å². The minimum Gasteiger partial charge on any atom is -0.497 e. The second-order valence-electron chi connectivity index (χ2n) is 5.03. The van der Waals surface area contributed by atoms with Crippen LogP contribution in [-0.2, 0) is 12.3 Å². The van der Waals surface area contributed by atoms with Gasteiger partial charge in [0.05, 0.1) is 7.11 Å². The number of benzene rings is 1. The molecule has 0 aliphatic heterocycles. The number of methoxy groups -OCH3 is 1. The molecule has 5 heteroatoms. The number of thioether (sulfide) groups is 1. The van der Waals surface area contributed by atoms with Gasteiger partial charge in [-0.1, -0.05) is 43.8 Å². The molecule has 0 saturated heterocycles. The predicted molar refractivity (Wildman–Crippen MR) is 86.9 cm³/mol. The van der Waals surface area contributed by atoms with Crippen molar-refractivity contribution in [2.75, 3.05) is 7.11 Å². The average Bonchev–Trinajstić information content (AvgIpc) is 2.89. The number of ether oxygens (including phenoxy) is 1. The van der Waals surface area contributed by atoms with E-state index < -0.39 is 0 Å². The summed E-state index contributed by atoms with van der Waals surface area (Å²) in [6.07, 6.45) is 1.88. The van der Waals surface area contributed by atoms with Crippen LogP contribution in [0.1, 0.15) is 31.2 Å². The SMILES string of the molecule is C=CCn1c(SCc2cccc(OC)c2)nnc1C(C)C. The first-order valence-corrected chi connectivity index (χ1v) is 7.94. The fraction of sp³-hybridized carbons (Fsp3) is 0.375. The molecule has 0 amide bonds. The standard InChI is InChI=1S/C16H21N3OS/c1-5-9-19-15(12(2)3)17-18-16(19)21-11-13-7-6-8-14(10-13)20-4/h5-8,10,12H,1,9,11H2,2-4H3. The summed E-state index contributed by atoms with van der Waals surface area (Å²) in [4.78, 5) is 0. The van der Waals surface area contributed by atoms with Crippen LogP contribution in [0.4, 0.5) is 0 Å². The molecule has 21 heavy (non-hydrogen) atoms. The van der Waals surface area contributed by atoms with E-state index in [2.05, 4.69) is 41.3 Å². The molecule has 0 radical (unpaired) electrons. The van der Waals surface area contributed by atoms with Gasteiger partial charge in [-0.15, -0.1) is 16.8 Å². The zero-order valence-electron chi connectivity index (χ0n) is 12.7. The minimum absolute atomic E-state index is 0.351. The summed E-state index contributed by atoms with van der Waals surface area (Å²) in [6, 6.07) is 8.09. The Kier molecular flexibility index (Phi) is 5.44. The van der Waals surface area contributed by atoms with Crippen molar-refractivity contribution in [3.05, 3.63) is 48.3 Å².